The van der Waals surface area contributed by atoms with Gasteiger partial charge in [-0.15, -0.1) is 0 Å². The largest absolute Gasteiger partial charge is 0.361 e. The van der Waals surface area contributed by atoms with E-state index in [2.05, 4.69) is 50.5 Å². The van der Waals surface area contributed by atoms with Crippen molar-refractivity contribution in [1.82, 2.24) is 31.2 Å². The minimum atomic E-state index is -0.810. The highest BCUT2D eigenvalue weighted by atomic mass is 16.2. The first-order valence-corrected chi connectivity index (χ1v) is 16.3. The lowest BCUT2D eigenvalue weighted by molar-refractivity contribution is -0.142. The van der Waals surface area contributed by atoms with Gasteiger partial charge in [-0.25, -0.2) is 0 Å². The summed E-state index contributed by atoms with van der Waals surface area (Å²) in [5.41, 5.74) is 2.92. The maximum Gasteiger partial charge on any atom is 0.245 e. The Balaban J connectivity index is 1.28. The summed E-state index contributed by atoms with van der Waals surface area (Å²) in [6, 6.07) is 20.8. The van der Waals surface area contributed by atoms with E-state index in [4.69, 9.17) is 0 Å². The summed E-state index contributed by atoms with van der Waals surface area (Å²) < 4.78 is 0. The molecule has 4 aromatic rings. The molecule has 2 aliphatic heterocycles. The van der Waals surface area contributed by atoms with Crippen LogP contribution < -0.4 is 21.3 Å². The van der Waals surface area contributed by atoms with Gasteiger partial charge in [-0.05, 0) is 79.8 Å². The average molecular weight is 609 g/mol. The molecule has 5 N–H and O–H groups in total. The molecule has 45 heavy (non-hydrogen) atoms. The molecule has 2 saturated heterocycles. The summed E-state index contributed by atoms with van der Waals surface area (Å²) in [4.78, 5) is 46.8. The molecule has 0 spiro atoms. The van der Waals surface area contributed by atoms with E-state index in [1.165, 1.54) is 0 Å². The SMILES string of the molecule is CN(C(=O)C(Cc1ccc2ccccc2c1)NC(=O)C1CCNCC1)C(Cc1c[nH]c2ccccc12)C(=O)NC1CCNCC1. The first-order chi connectivity index (χ1) is 22.0. The maximum absolute atomic E-state index is 14.5. The smallest absolute Gasteiger partial charge is 0.245 e. The maximum atomic E-state index is 14.5. The number of para-hydroxylation sites is 1. The molecule has 3 heterocycles. The molecule has 0 radical (unpaired) electrons. The first-order valence-electron chi connectivity index (χ1n) is 16.3. The molecule has 6 rings (SSSR count). The van der Waals surface area contributed by atoms with Crippen LogP contribution in [-0.2, 0) is 27.2 Å². The Morgan fingerprint density at radius 1 is 0.844 bits per heavy atom. The number of hydrogen-bond donors (Lipinski definition) is 5. The number of fused-ring (bicyclic) bond motifs is 2. The number of hydrogen-bond acceptors (Lipinski definition) is 5. The van der Waals surface area contributed by atoms with E-state index in [0.29, 0.717) is 12.8 Å². The van der Waals surface area contributed by atoms with E-state index >= 15 is 0 Å². The number of carbonyl (C=O) groups excluding carboxylic acids is 3. The Morgan fingerprint density at radius 3 is 2.31 bits per heavy atom. The number of nitrogens with one attached hydrogen (secondary N) is 5. The van der Waals surface area contributed by atoms with Crippen LogP contribution in [0.5, 0.6) is 0 Å². The molecule has 0 bridgehead atoms. The van der Waals surface area contributed by atoms with E-state index in [0.717, 1.165) is 84.7 Å². The topological polar surface area (TPSA) is 118 Å². The van der Waals surface area contributed by atoms with E-state index < -0.39 is 12.1 Å². The highest BCUT2D eigenvalue weighted by Crippen LogP contribution is 2.23. The normalized spacial score (nSPS) is 17.5. The van der Waals surface area contributed by atoms with Crippen molar-refractivity contribution < 1.29 is 14.4 Å². The highest BCUT2D eigenvalue weighted by Gasteiger charge is 2.35. The fourth-order valence-electron chi connectivity index (χ4n) is 6.75. The van der Waals surface area contributed by atoms with Crippen LogP contribution in [0.2, 0.25) is 0 Å². The second-order valence-corrected chi connectivity index (χ2v) is 12.5. The molecule has 9 nitrogen and oxygen atoms in total. The number of carbonyl (C=O) groups is 3. The van der Waals surface area contributed by atoms with Crippen LogP contribution in [0.15, 0.2) is 72.9 Å². The zero-order chi connectivity index (χ0) is 31.2. The summed E-state index contributed by atoms with van der Waals surface area (Å²) in [6.45, 7) is 3.27. The number of H-pyrrole nitrogens is 1. The Hall–Kier alpha value is -4.21. The van der Waals surface area contributed by atoms with Crippen molar-refractivity contribution in [2.75, 3.05) is 33.2 Å². The Morgan fingerprint density at radius 2 is 1.53 bits per heavy atom. The summed E-state index contributed by atoms with van der Waals surface area (Å²) in [7, 11) is 1.70. The monoisotopic (exact) mass is 608 g/mol. The van der Waals surface area contributed by atoms with Gasteiger partial charge in [-0.3, -0.25) is 14.4 Å². The van der Waals surface area contributed by atoms with E-state index in [1.807, 2.05) is 48.7 Å². The lowest BCUT2D eigenvalue weighted by Crippen LogP contribution is -2.57. The van der Waals surface area contributed by atoms with Crippen LogP contribution in [-0.4, -0.2) is 79.0 Å². The molecular formula is C36H44N6O3. The van der Waals surface area contributed by atoms with Gasteiger partial charge in [-0.2, -0.15) is 0 Å². The molecule has 3 aromatic carbocycles. The van der Waals surface area contributed by atoms with Gasteiger partial charge in [0.05, 0.1) is 0 Å². The van der Waals surface area contributed by atoms with Crippen LogP contribution in [0.1, 0.15) is 36.8 Å². The van der Waals surface area contributed by atoms with Gasteiger partial charge >= 0.3 is 0 Å². The van der Waals surface area contributed by atoms with Gasteiger partial charge in [0.1, 0.15) is 12.1 Å². The molecule has 2 fully saturated rings. The summed E-state index contributed by atoms with van der Waals surface area (Å²) in [5, 5.41) is 16.2. The van der Waals surface area contributed by atoms with Crippen molar-refractivity contribution in [1.29, 1.82) is 0 Å². The number of benzene rings is 3. The number of rotatable bonds is 10. The molecule has 1 aromatic heterocycles. The van der Waals surface area contributed by atoms with Crippen LogP contribution in [0.25, 0.3) is 21.7 Å². The quantitative estimate of drug-likeness (QED) is 0.189. The van der Waals surface area contributed by atoms with Gasteiger partial charge in [0, 0.05) is 48.9 Å². The van der Waals surface area contributed by atoms with Gasteiger partial charge in [0.15, 0.2) is 0 Å². The highest BCUT2D eigenvalue weighted by molar-refractivity contribution is 5.94. The van der Waals surface area contributed by atoms with Gasteiger partial charge in [0.2, 0.25) is 17.7 Å². The first kappa shape index (κ1) is 30.8. The molecular weight excluding hydrogens is 564 g/mol. The number of nitrogens with zero attached hydrogens (tertiary/aromatic N) is 1. The van der Waals surface area contributed by atoms with Crippen molar-refractivity contribution >= 4 is 39.4 Å². The second kappa shape index (κ2) is 14.3. The number of aromatic nitrogens is 1. The molecule has 2 atom stereocenters. The van der Waals surface area contributed by atoms with Crippen LogP contribution in [0.3, 0.4) is 0 Å². The van der Waals surface area contributed by atoms with Crippen molar-refractivity contribution in [2.24, 2.45) is 5.92 Å². The predicted octanol–water partition coefficient (Wildman–Crippen LogP) is 3.29. The Bertz CT molecular complexity index is 1640. The predicted molar refractivity (Wildman–Crippen MR) is 178 cm³/mol. The fraction of sp³-hybridized carbons (Fsp3) is 0.417. The second-order valence-electron chi connectivity index (χ2n) is 12.5. The molecule has 236 valence electrons. The average Bonchev–Trinajstić information content (AvgIpc) is 3.49. The minimum Gasteiger partial charge on any atom is -0.361 e. The van der Waals surface area contributed by atoms with E-state index in [1.54, 1.807) is 11.9 Å². The number of aromatic amines is 1. The molecule has 9 heteroatoms. The van der Waals surface area contributed by atoms with Gasteiger partial charge in [0.25, 0.3) is 0 Å². The molecule has 0 aliphatic carbocycles. The summed E-state index contributed by atoms with van der Waals surface area (Å²) in [5.74, 6) is -0.682. The third kappa shape index (κ3) is 7.37. The molecule has 0 saturated carbocycles. The molecule has 2 unspecified atom stereocenters. The summed E-state index contributed by atoms with van der Waals surface area (Å²) in [6.07, 6.45) is 5.79. The zero-order valence-electron chi connectivity index (χ0n) is 26.0. The van der Waals surface area contributed by atoms with Crippen molar-refractivity contribution in [3.63, 3.8) is 0 Å². The Labute approximate surface area is 264 Å². The molecule has 3 amide bonds. The lowest BCUT2D eigenvalue weighted by Gasteiger charge is -2.33. The number of amides is 3. The zero-order valence-corrected chi connectivity index (χ0v) is 26.0. The van der Waals surface area contributed by atoms with Crippen molar-refractivity contribution in [2.45, 2.75) is 56.7 Å². The Kier molecular flexibility index (Phi) is 9.76. The van der Waals surface area contributed by atoms with Gasteiger partial charge < -0.3 is 31.2 Å². The summed E-state index contributed by atoms with van der Waals surface area (Å²) >= 11 is 0. The standard InChI is InChI=1S/C36H44N6O3/c1-42(33(35(44)40-29-14-18-38-19-15-29)22-28-23-39-31-9-5-4-8-30(28)31)36(45)32(41-34(43)26-12-16-37-17-13-26)21-24-10-11-25-6-2-3-7-27(25)20-24/h2-11,20,23,26,29,32-33,37-39H,12-19,21-22H2,1H3,(H,40,44)(H,41,43). The van der Waals surface area contributed by atoms with Crippen LogP contribution in [0.4, 0.5) is 0 Å². The van der Waals surface area contributed by atoms with Crippen molar-refractivity contribution in [3.05, 3.63) is 84.1 Å². The third-order valence-corrected chi connectivity index (χ3v) is 9.47. The molecule has 2 aliphatic rings. The fourth-order valence-corrected chi connectivity index (χ4v) is 6.75. The minimum absolute atomic E-state index is 0.0562. The lowest BCUT2D eigenvalue weighted by atomic mass is 9.95. The number of likely N-dealkylation sites (N-methyl/N-ethyl adjacent to an activating group) is 1. The third-order valence-electron chi connectivity index (χ3n) is 9.47. The van der Waals surface area contributed by atoms with Gasteiger partial charge in [-0.1, -0.05) is 60.7 Å². The van der Waals surface area contributed by atoms with Crippen LogP contribution >= 0.6 is 0 Å². The number of piperidine rings is 2. The van der Waals surface area contributed by atoms with E-state index in [-0.39, 0.29) is 29.7 Å². The van der Waals surface area contributed by atoms with Crippen molar-refractivity contribution in [3.8, 4) is 0 Å². The van der Waals surface area contributed by atoms with E-state index in [9.17, 15) is 14.4 Å². The van der Waals surface area contributed by atoms with Crippen LogP contribution in [0, 0.1) is 5.92 Å².